The summed E-state index contributed by atoms with van der Waals surface area (Å²) in [7, 11) is 0. The van der Waals surface area contributed by atoms with E-state index in [-0.39, 0.29) is 5.41 Å². The van der Waals surface area contributed by atoms with Crippen LogP contribution >= 0.6 is 22.9 Å². The van der Waals surface area contributed by atoms with Gasteiger partial charge >= 0.3 is 5.97 Å². The number of carbonyl (C=O) groups is 1. The maximum absolute atomic E-state index is 10.8. The molecule has 4 heteroatoms. The van der Waals surface area contributed by atoms with Crippen molar-refractivity contribution in [3.05, 3.63) is 0 Å². The van der Waals surface area contributed by atoms with E-state index in [1.165, 1.54) is 0 Å². The zero-order chi connectivity index (χ0) is 10.8. The van der Waals surface area contributed by atoms with Gasteiger partial charge in [0.25, 0.3) is 0 Å². The summed E-state index contributed by atoms with van der Waals surface area (Å²) in [6.07, 6.45) is 2.38. The maximum atomic E-state index is 10.8. The quantitative estimate of drug-likeness (QED) is 0.619. The fourth-order valence-corrected chi connectivity index (χ4v) is 3.47. The summed E-state index contributed by atoms with van der Waals surface area (Å²) >= 11 is 2.11. The lowest BCUT2D eigenvalue weighted by Crippen LogP contribution is -2.30. The fourth-order valence-electron chi connectivity index (χ4n) is 2.67. The maximum Gasteiger partial charge on any atom is 0.303 e. The molecular weight excluding hydrogens is 293 g/mol. The number of rotatable bonds is 4. The van der Waals surface area contributed by atoms with Crippen molar-refractivity contribution in [1.82, 2.24) is 3.53 Å². The molecule has 1 aliphatic rings. The van der Waals surface area contributed by atoms with Crippen LogP contribution < -0.4 is 3.53 Å². The van der Waals surface area contributed by atoms with E-state index >= 15 is 0 Å². The molecule has 1 rings (SSSR count). The molecule has 1 fully saturated rings. The van der Waals surface area contributed by atoms with Crippen molar-refractivity contribution in [2.24, 2.45) is 17.3 Å². The molecule has 1 aliphatic carbocycles. The van der Waals surface area contributed by atoms with Gasteiger partial charge in [-0.15, -0.1) is 0 Å². The molecule has 0 bridgehead atoms. The molecule has 0 saturated heterocycles. The summed E-state index contributed by atoms with van der Waals surface area (Å²) < 4.78 is 3.10. The number of hydrogen-bond donors (Lipinski definition) is 2. The first-order valence-corrected chi connectivity index (χ1v) is 6.12. The Morgan fingerprint density at radius 3 is 2.36 bits per heavy atom. The van der Waals surface area contributed by atoms with Crippen LogP contribution in [0.3, 0.4) is 0 Å². The molecule has 2 unspecified atom stereocenters. The smallest absolute Gasteiger partial charge is 0.303 e. The highest BCUT2D eigenvalue weighted by Crippen LogP contribution is 2.47. The molecular formula is C10H18INO2. The summed E-state index contributed by atoms with van der Waals surface area (Å²) in [6, 6.07) is 0. The van der Waals surface area contributed by atoms with Gasteiger partial charge in [-0.1, -0.05) is 13.8 Å². The van der Waals surface area contributed by atoms with Gasteiger partial charge in [0.05, 0.1) is 6.42 Å². The largest absolute Gasteiger partial charge is 0.481 e. The van der Waals surface area contributed by atoms with Gasteiger partial charge in [0.1, 0.15) is 0 Å². The molecule has 3 nitrogen and oxygen atoms in total. The second kappa shape index (κ2) is 4.79. The fraction of sp³-hybridized carbons (Fsp3) is 0.900. The minimum absolute atomic E-state index is 0.00808. The molecule has 82 valence electrons. The van der Waals surface area contributed by atoms with E-state index in [9.17, 15) is 4.79 Å². The van der Waals surface area contributed by atoms with Crippen molar-refractivity contribution < 1.29 is 9.90 Å². The topological polar surface area (TPSA) is 49.3 Å². The highest BCUT2D eigenvalue weighted by atomic mass is 127. The van der Waals surface area contributed by atoms with Crippen molar-refractivity contribution in [3.8, 4) is 0 Å². The lowest BCUT2D eigenvalue weighted by molar-refractivity contribution is -0.139. The number of nitrogens with one attached hydrogen (secondary N) is 1. The molecule has 0 aromatic heterocycles. The molecule has 0 heterocycles. The normalized spacial score (nSPS) is 37.4. The summed E-state index contributed by atoms with van der Waals surface area (Å²) in [6.45, 7) is 5.26. The van der Waals surface area contributed by atoms with Crippen LogP contribution in [0.25, 0.3) is 0 Å². The van der Waals surface area contributed by atoms with E-state index in [0.717, 1.165) is 19.4 Å². The highest BCUT2D eigenvalue weighted by Gasteiger charge is 2.42. The zero-order valence-electron chi connectivity index (χ0n) is 8.72. The van der Waals surface area contributed by atoms with Crippen LogP contribution in [0.5, 0.6) is 0 Å². The Morgan fingerprint density at radius 2 is 2.00 bits per heavy atom. The Kier molecular flexibility index (Phi) is 4.18. The Bertz CT molecular complexity index is 210. The molecule has 2 atom stereocenters. The van der Waals surface area contributed by atoms with Gasteiger partial charge in [-0.05, 0) is 30.1 Å². The lowest BCUT2D eigenvalue weighted by atomic mass is 9.82. The Hall–Kier alpha value is 0.160. The van der Waals surface area contributed by atoms with E-state index in [1.54, 1.807) is 0 Å². The SMILES string of the molecule is CC1CC(CNI)(CC(=O)O)CC1C. The van der Waals surface area contributed by atoms with E-state index in [1.807, 2.05) is 0 Å². The van der Waals surface area contributed by atoms with E-state index in [4.69, 9.17) is 5.11 Å². The lowest BCUT2D eigenvalue weighted by Gasteiger charge is -2.26. The van der Waals surface area contributed by atoms with E-state index < -0.39 is 5.97 Å². The first kappa shape index (κ1) is 12.2. The standard InChI is InChI=1S/C10H18INO2/c1-7-3-10(6-12-11,4-8(7)2)5-9(13)14/h7-8,12H,3-6H2,1-2H3,(H,13,14). The molecule has 2 N–H and O–H groups in total. The van der Waals surface area contributed by atoms with Crippen LogP contribution in [0, 0.1) is 17.3 Å². The Balaban J connectivity index is 2.68. The molecule has 0 amide bonds. The van der Waals surface area contributed by atoms with Crippen LogP contribution in [0.2, 0.25) is 0 Å². The van der Waals surface area contributed by atoms with Crippen LogP contribution in [0.1, 0.15) is 33.1 Å². The monoisotopic (exact) mass is 311 g/mol. The Morgan fingerprint density at radius 1 is 1.50 bits per heavy atom. The summed E-state index contributed by atoms with van der Waals surface area (Å²) in [5.41, 5.74) is -0.00808. The third kappa shape index (κ3) is 2.82. The predicted octanol–water partition coefficient (Wildman–Crippen LogP) is 2.45. The molecule has 0 radical (unpaired) electrons. The number of carboxylic acids is 1. The predicted molar refractivity (Wildman–Crippen MR) is 64.3 cm³/mol. The Labute approximate surface area is 99.1 Å². The van der Waals surface area contributed by atoms with Crippen molar-refractivity contribution >= 4 is 28.8 Å². The van der Waals surface area contributed by atoms with Gasteiger partial charge in [-0.25, -0.2) is 0 Å². The molecule has 0 aromatic rings. The van der Waals surface area contributed by atoms with Gasteiger partial charge in [0.2, 0.25) is 0 Å². The van der Waals surface area contributed by atoms with Crippen LogP contribution in [-0.2, 0) is 4.79 Å². The first-order valence-electron chi connectivity index (χ1n) is 5.04. The summed E-state index contributed by atoms with van der Waals surface area (Å²) in [4.78, 5) is 10.8. The zero-order valence-corrected chi connectivity index (χ0v) is 10.9. The average Bonchev–Trinajstić information content (AvgIpc) is 2.26. The van der Waals surface area contributed by atoms with Crippen molar-refractivity contribution in [1.29, 1.82) is 0 Å². The minimum atomic E-state index is -0.669. The van der Waals surface area contributed by atoms with Gasteiger partial charge in [-0.3, -0.25) is 8.32 Å². The van der Waals surface area contributed by atoms with Gasteiger partial charge in [0, 0.05) is 29.4 Å². The first-order chi connectivity index (χ1) is 6.49. The molecule has 14 heavy (non-hydrogen) atoms. The van der Waals surface area contributed by atoms with Gasteiger partial charge < -0.3 is 5.11 Å². The third-order valence-electron chi connectivity index (χ3n) is 3.45. The number of aliphatic carboxylic acids is 1. The van der Waals surface area contributed by atoms with Crippen molar-refractivity contribution in [2.45, 2.75) is 33.1 Å². The molecule has 0 spiro atoms. The van der Waals surface area contributed by atoms with Gasteiger partial charge in [0.15, 0.2) is 0 Å². The number of halogens is 1. The number of hydrogen-bond acceptors (Lipinski definition) is 2. The van der Waals surface area contributed by atoms with Crippen molar-refractivity contribution in [3.63, 3.8) is 0 Å². The van der Waals surface area contributed by atoms with Gasteiger partial charge in [-0.2, -0.15) is 0 Å². The average molecular weight is 311 g/mol. The van der Waals surface area contributed by atoms with Crippen LogP contribution in [-0.4, -0.2) is 17.6 Å². The van der Waals surface area contributed by atoms with E-state index in [2.05, 4.69) is 40.2 Å². The second-order valence-corrected chi connectivity index (χ2v) is 5.51. The van der Waals surface area contributed by atoms with E-state index in [0.29, 0.717) is 18.3 Å². The van der Waals surface area contributed by atoms with Crippen LogP contribution in [0.4, 0.5) is 0 Å². The third-order valence-corrected chi connectivity index (χ3v) is 3.83. The van der Waals surface area contributed by atoms with Crippen molar-refractivity contribution in [2.75, 3.05) is 6.54 Å². The highest BCUT2D eigenvalue weighted by molar-refractivity contribution is 14.1. The molecule has 0 aromatic carbocycles. The second-order valence-electron chi connectivity index (χ2n) is 4.74. The molecule has 0 aliphatic heterocycles. The summed E-state index contributed by atoms with van der Waals surface area (Å²) in [5, 5.41) is 8.91. The molecule has 1 saturated carbocycles. The number of carboxylic acid groups (broad SMARTS) is 1. The van der Waals surface area contributed by atoms with Crippen LogP contribution in [0.15, 0.2) is 0 Å². The minimum Gasteiger partial charge on any atom is -0.481 e. The summed E-state index contributed by atoms with van der Waals surface area (Å²) in [5.74, 6) is 0.635.